The number of halogens is 1. The number of ether oxygens (including phenoxy) is 1. The van der Waals surface area contributed by atoms with E-state index in [1.54, 1.807) is 12.0 Å². The van der Waals surface area contributed by atoms with Gasteiger partial charge < -0.3 is 9.64 Å². The molecule has 0 spiro atoms. The van der Waals surface area contributed by atoms with Crippen LogP contribution in [0.15, 0.2) is 18.2 Å². The fourth-order valence-electron chi connectivity index (χ4n) is 1.93. The highest BCUT2D eigenvalue weighted by Crippen LogP contribution is 2.24. The van der Waals surface area contributed by atoms with E-state index in [4.69, 9.17) is 16.3 Å². The molecule has 0 heterocycles. The van der Waals surface area contributed by atoms with E-state index in [2.05, 4.69) is 0 Å². The number of nitrogens with zero attached hydrogens (tertiary/aromatic N) is 2. The molecule has 0 saturated carbocycles. The smallest absolute Gasteiger partial charge is 0.282 e. The third-order valence-electron chi connectivity index (χ3n) is 2.82. The van der Waals surface area contributed by atoms with E-state index in [-0.39, 0.29) is 17.2 Å². The van der Waals surface area contributed by atoms with Gasteiger partial charge in [-0.3, -0.25) is 14.9 Å². The minimum Gasteiger partial charge on any atom is -0.383 e. The molecule has 1 rings (SSSR count). The summed E-state index contributed by atoms with van der Waals surface area (Å²) in [6.07, 6.45) is 0. The Hall–Kier alpha value is -1.66. The molecular weight excluding hydrogens is 296 g/mol. The molecule has 1 aromatic rings. The number of carbonyl (C=O) groups is 1. The Labute approximate surface area is 128 Å². The van der Waals surface area contributed by atoms with Crippen LogP contribution < -0.4 is 0 Å². The third-order valence-corrected chi connectivity index (χ3v) is 3.06. The summed E-state index contributed by atoms with van der Waals surface area (Å²) in [5, 5.41) is 11.4. The monoisotopic (exact) mass is 314 g/mol. The SMILES string of the molecule is COCCN(CC(C)C)C(=O)c1cc(Cl)ccc1[N+](=O)[O-]. The normalized spacial score (nSPS) is 10.7. The fourth-order valence-corrected chi connectivity index (χ4v) is 2.10. The van der Waals surface area contributed by atoms with Gasteiger partial charge in [-0.15, -0.1) is 0 Å². The van der Waals surface area contributed by atoms with Crippen molar-refractivity contribution in [1.29, 1.82) is 0 Å². The largest absolute Gasteiger partial charge is 0.383 e. The summed E-state index contributed by atoms with van der Waals surface area (Å²) in [5.41, 5.74) is -0.236. The van der Waals surface area contributed by atoms with E-state index >= 15 is 0 Å². The zero-order valence-corrected chi connectivity index (χ0v) is 13.1. The molecule has 0 unspecified atom stereocenters. The molecule has 0 aliphatic rings. The molecule has 116 valence electrons. The number of benzene rings is 1. The number of nitro groups is 1. The van der Waals surface area contributed by atoms with Crippen molar-refractivity contribution in [3.05, 3.63) is 38.9 Å². The van der Waals surface area contributed by atoms with E-state index in [0.717, 1.165) is 0 Å². The van der Waals surface area contributed by atoms with Crippen LogP contribution in [0.2, 0.25) is 5.02 Å². The van der Waals surface area contributed by atoms with Crippen LogP contribution in [0.25, 0.3) is 0 Å². The Balaban J connectivity index is 3.12. The van der Waals surface area contributed by atoms with Crippen molar-refractivity contribution >= 4 is 23.2 Å². The van der Waals surface area contributed by atoms with Gasteiger partial charge in [0, 0.05) is 31.3 Å². The summed E-state index contributed by atoms with van der Waals surface area (Å²) in [4.78, 5) is 24.6. The summed E-state index contributed by atoms with van der Waals surface area (Å²) < 4.78 is 4.99. The summed E-state index contributed by atoms with van der Waals surface area (Å²) in [6.45, 7) is 5.18. The first kappa shape index (κ1) is 17.4. The van der Waals surface area contributed by atoms with Crippen LogP contribution in [0.4, 0.5) is 5.69 Å². The molecule has 0 bridgehead atoms. The van der Waals surface area contributed by atoms with E-state index in [1.807, 2.05) is 13.8 Å². The highest BCUT2D eigenvalue weighted by molar-refractivity contribution is 6.31. The zero-order chi connectivity index (χ0) is 16.0. The number of rotatable bonds is 7. The Morgan fingerprint density at radius 2 is 2.14 bits per heavy atom. The highest BCUT2D eigenvalue weighted by Gasteiger charge is 2.25. The van der Waals surface area contributed by atoms with Crippen molar-refractivity contribution in [2.75, 3.05) is 26.8 Å². The number of nitro benzene ring substituents is 1. The van der Waals surface area contributed by atoms with Gasteiger partial charge in [0.05, 0.1) is 11.5 Å². The molecule has 0 atom stereocenters. The number of carbonyl (C=O) groups excluding carboxylic acids is 1. The maximum atomic E-state index is 12.6. The van der Waals surface area contributed by atoms with Crippen LogP contribution in [0.1, 0.15) is 24.2 Å². The molecule has 6 nitrogen and oxygen atoms in total. The second-order valence-electron chi connectivity index (χ2n) is 5.06. The van der Waals surface area contributed by atoms with Crippen LogP contribution >= 0.6 is 11.6 Å². The molecule has 0 radical (unpaired) electrons. The Morgan fingerprint density at radius 1 is 1.48 bits per heavy atom. The van der Waals surface area contributed by atoms with Gasteiger partial charge in [-0.1, -0.05) is 25.4 Å². The first-order valence-electron chi connectivity index (χ1n) is 6.59. The predicted octanol–water partition coefficient (Wildman–Crippen LogP) is 2.99. The van der Waals surface area contributed by atoms with Crippen molar-refractivity contribution in [2.45, 2.75) is 13.8 Å². The van der Waals surface area contributed by atoms with Crippen LogP contribution in [-0.4, -0.2) is 42.5 Å². The van der Waals surface area contributed by atoms with Crippen molar-refractivity contribution < 1.29 is 14.5 Å². The molecule has 7 heteroatoms. The van der Waals surface area contributed by atoms with Gasteiger partial charge in [0.1, 0.15) is 5.56 Å². The van der Waals surface area contributed by atoms with Crippen LogP contribution in [0.5, 0.6) is 0 Å². The van der Waals surface area contributed by atoms with Gasteiger partial charge in [-0.05, 0) is 18.1 Å². The molecule has 0 N–H and O–H groups in total. The van der Waals surface area contributed by atoms with Crippen molar-refractivity contribution in [3.8, 4) is 0 Å². The van der Waals surface area contributed by atoms with Gasteiger partial charge in [-0.2, -0.15) is 0 Å². The van der Waals surface area contributed by atoms with E-state index in [1.165, 1.54) is 18.2 Å². The summed E-state index contributed by atoms with van der Waals surface area (Å²) >= 11 is 5.86. The van der Waals surface area contributed by atoms with Crippen molar-refractivity contribution in [2.24, 2.45) is 5.92 Å². The quantitative estimate of drug-likeness (QED) is 0.573. The zero-order valence-electron chi connectivity index (χ0n) is 12.3. The lowest BCUT2D eigenvalue weighted by atomic mass is 10.1. The van der Waals surface area contributed by atoms with Crippen LogP contribution in [0.3, 0.4) is 0 Å². The van der Waals surface area contributed by atoms with Crippen molar-refractivity contribution in [3.63, 3.8) is 0 Å². The summed E-state index contributed by atoms with van der Waals surface area (Å²) in [6, 6.07) is 3.99. The number of hydrogen-bond donors (Lipinski definition) is 0. The standard InChI is InChI=1S/C14H19ClN2O4/c1-10(2)9-16(6-7-21-3)14(18)12-8-11(15)4-5-13(12)17(19)20/h4-5,8,10H,6-7,9H2,1-3H3. The van der Waals surface area contributed by atoms with Gasteiger partial charge >= 0.3 is 0 Å². The lowest BCUT2D eigenvalue weighted by molar-refractivity contribution is -0.385. The summed E-state index contributed by atoms with van der Waals surface area (Å²) in [7, 11) is 1.54. The third kappa shape index (κ3) is 4.99. The van der Waals surface area contributed by atoms with Gasteiger partial charge in [0.15, 0.2) is 0 Å². The Bertz CT molecular complexity index is 520. The predicted molar refractivity (Wildman–Crippen MR) is 80.7 cm³/mol. The average Bonchev–Trinajstić information content (AvgIpc) is 2.41. The first-order chi connectivity index (χ1) is 9.86. The van der Waals surface area contributed by atoms with Gasteiger partial charge in [0.2, 0.25) is 0 Å². The Morgan fingerprint density at radius 3 is 2.67 bits per heavy atom. The van der Waals surface area contributed by atoms with E-state index < -0.39 is 10.8 Å². The number of hydrogen-bond acceptors (Lipinski definition) is 4. The van der Waals surface area contributed by atoms with Crippen molar-refractivity contribution in [1.82, 2.24) is 4.90 Å². The molecule has 0 aromatic heterocycles. The topological polar surface area (TPSA) is 72.7 Å². The number of methoxy groups -OCH3 is 1. The first-order valence-corrected chi connectivity index (χ1v) is 6.96. The fraction of sp³-hybridized carbons (Fsp3) is 0.500. The van der Waals surface area contributed by atoms with E-state index in [0.29, 0.717) is 24.7 Å². The molecule has 0 aliphatic heterocycles. The van der Waals surface area contributed by atoms with Gasteiger partial charge in [-0.25, -0.2) is 0 Å². The molecule has 21 heavy (non-hydrogen) atoms. The molecular formula is C14H19ClN2O4. The number of amides is 1. The van der Waals surface area contributed by atoms with Crippen LogP contribution in [0, 0.1) is 16.0 Å². The average molecular weight is 315 g/mol. The second-order valence-corrected chi connectivity index (χ2v) is 5.49. The Kier molecular flexibility index (Phi) is 6.58. The molecule has 0 fully saturated rings. The van der Waals surface area contributed by atoms with Crippen LogP contribution in [-0.2, 0) is 4.74 Å². The minimum atomic E-state index is -0.576. The lowest BCUT2D eigenvalue weighted by Crippen LogP contribution is -2.37. The summed E-state index contributed by atoms with van der Waals surface area (Å²) in [5.74, 6) is -0.168. The van der Waals surface area contributed by atoms with E-state index in [9.17, 15) is 14.9 Å². The molecule has 1 aromatic carbocycles. The maximum Gasteiger partial charge on any atom is 0.282 e. The van der Waals surface area contributed by atoms with Gasteiger partial charge in [0.25, 0.3) is 11.6 Å². The minimum absolute atomic E-state index is 0.00394. The maximum absolute atomic E-state index is 12.6. The molecule has 0 aliphatic carbocycles. The highest BCUT2D eigenvalue weighted by atomic mass is 35.5. The lowest BCUT2D eigenvalue weighted by Gasteiger charge is -2.24. The molecule has 0 saturated heterocycles. The molecule has 1 amide bonds. The second kappa shape index (κ2) is 7.95.